The van der Waals surface area contributed by atoms with Crippen molar-refractivity contribution < 1.29 is 5.11 Å². The van der Waals surface area contributed by atoms with Crippen LogP contribution in [0.5, 0.6) is 0 Å². The molecule has 0 aromatic carbocycles. The lowest BCUT2D eigenvalue weighted by atomic mass is 10.1. The summed E-state index contributed by atoms with van der Waals surface area (Å²) in [6.45, 7) is 0. The molecule has 0 bridgehead atoms. The average molecular weight is 258 g/mol. The first-order valence-electron chi connectivity index (χ1n) is 4.56. The second-order valence-electron chi connectivity index (χ2n) is 3.32. The van der Waals surface area contributed by atoms with Crippen molar-refractivity contribution in [2.45, 2.75) is 6.10 Å². The molecular weight excluding hydrogens is 249 g/mol. The van der Waals surface area contributed by atoms with Crippen LogP contribution in [-0.2, 0) is 7.05 Å². The van der Waals surface area contributed by atoms with Crippen molar-refractivity contribution >= 4 is 23.2 Å². The zero-order valence-corrected chi connectivity index (χ0v) is 9.94. The summed E-state index contributed by atoms with van der Waals surface area (Å²) in [6, 6.07) is 3.27. The van der Waals surface area contributed by atoms with Crippen molar-refractivity contribution in [2.24, 2.45) is 7.05 Å². The quantitative estimate of drug-likeness (QED) is 0.840. The van der Waals surface area contributed by atoms with Gasteiger partial charge in [-0.3, -0.25) is 4.68 Å². The summed E-state index contributed by atoms with van der Waals surface area (Å²) in [5, 5.41) is 14.8. The van der Waals surface area contributed by atoms with E-state index in [1.54, 1.807) is 19.2 Å². The van der Waals surface area contributed by atoms with Crippen LogP contribution in [0, 0.1) is 0 Å². The van der Waals surface area contributed by atoms with Crippen molar-refractivity contribution in [3.8, 4) is 0 Å². The van der Waals surface area contributed by atoms with E-state index in [1.165, 1.54) is 17.1 Å². The van der Waals surface area contributed by atoms with Gasteiger partial charge in [0.25, 0.3) is 0 Å². The number of aromatic nitrogens is 3. The second-order valence-corrected chi connectivity index (χ2v) is 4.11. The van der Waals surface area contributed by atoms with E-state index in [0.29, 0.717) is 21.4 Å². The fraction of sp³-hybridized carbons (Fsp3) is 0.200. The maximum Gasteiger partial charge on any atom is 0.129 e. The monoisotopic (exact) mass is 257 g/mol. The first kappa shape index (κ1) is 11.4. The largest absolute Gasteiger partial charge is 0.382 e. The molecule has 84 valence electrons. The molecule has 1 unspecified atom stereocenters. The van der Waals surface area contributed by atoms with Crippen molar-refractivity contribution in [1.82, 2.24) is 14.8 Å². The molecule has 2 aromatic heterocycles. The summed E-state index contributed by atoms with van der Waals surface area (Å²) < 4.78 is 1.53. The molecule has 2 heterocycles. The normalized spacial score (nSPS) is 12.8. The Morgan fingerprint density at radius 1 is 1.44 bits per heavy atom. The van der Waals surface area contributed by atoms with E-state index in [4.69, 9.17) is 23.2 Å². The standard InChI is InChI=1S/C10H9Cl2N3O/c1-15-9(7(11)5-14-15)10(16)6-2-3-13-8(12)4-6/h2-5,10,16H,1H3. The lowest BCUT2D eigenvalue weighted by molar-refractivity contribution is 0.210. The molecule has 0 aliphatic heterocycles. The van der Waals surface area contributed by atoms with E-state index in [0.717, 1.165) is 0 Å². The number of pyridine rings is 1. The molecule has 16 heavy (non-hydrogen) atoms. The van der Waals surface area contributed by atoms with Gasteiger partial charge >= 0.3 is 0 Å². The highest BCUT2D eigenvalue weighted by atomic mass is 35.5. The van der Waals surface area contributed by atoms with Crippen molar-refractivity contribution in [1.29, 1.82) is 0 Å². The van der Waals surface area contributed by atoms with Crippen LogP contribution in [0.25, 0.3) is 0 Å². The third-order valence-corrected chi connectivity index (χ3v) is 2.76. The third kappa shape index (κ3) is 2.04. The van der Waals surface area contributed by atoms with Gasteiger partial charge in [0.2, 0.25) is 0 Å². The molecule has 0 radical (unpaired) electrons. The molecule has 4 nitrogen and oxygen atoms in total. The molecule has 0 saturated heterocycles. The van der Waals surface area contributed by atoms with Gasteiger partial charge in [0.05, 0.1) is 16.9 Å². The van der Waals surface area contributed by atoms with Crippen molar-refractivity contribution in [2.75, 3.05) is 0 Å². The SMILES string of the molecule is Cn1ncc(Cl)c1C(O)c1ccnc(Cl)c1. The maximum atomic E-state index is 10.1. The van der Waals surface area contributed by atoms with Crippen LogP contribution in [0.2, 0.25) is 10.2 Å². The number of hydrogen-bond acceptors (Lipinski definition) is 3. The number of hydrogen-bond donors (Lipinski definition) is 1. The molecule has 0 spiro atoms. The Kier molecular flexibility index (Phi) is 3.14. The molecule has 0 fully saturated rings. The van der Waals surface area contributed by atoms with Gasteiger partial charge in [-0.15, -0.1) is 0 Å². The van der Waals surface area contributed by atoms with Gasteiger partial charge in [0, 0.05) is 13.2 Å². The van der Waals surface area contributed by atoms with E-state index in [1.807, 2.05) is 0 Å². The minimum atomic E-state index is -0.861. The molecular formula is C10H9Cl2N3O. The van der Waals surface area contributed by atoms with E-state index in [9.17, 15) is 5.11 Å². The third-order valence-electron chi connectivity index (χ3n) is 2.26. The first-order valence-corrected chi connectivity index (χ1v) is 5.32. The van der Waals surface area contributed by atoms with Crippen LogP contribution in [0.15, 0.2) is 24.5 Å². The lowest BCUT2D eigenvalue weighted by Gasteiger charge is -2.12. The van der Waals surface area contributed by atoms with Crippen LogP contribution in [0.3, 0.4) is 0 Å². The number of aliphatic hydroxyl groups excluding tert-OH is 1. The highest BCUT2D eigenvalue weighted by Crippen LogP contribution is 2.28. The summed E-state index contributed by atoms with van der Waals surface area (Å²) in [4.78, 5) is 3.85. The summed E-state index contributed by atoms with van der Waals surface area (Å²) in [5.41, 5.74) is 1.16. The van der Waals surface area contributed by atoms with Crippen molar-refractivity contribution in [3.05, 3.63) is 46.0 Å². The molecule has 2 aromatic rings. The molecule has 1 N–H and O–H groups in total. The fourth-order valence-corrected chi connectivity index (χ4v) is 1.92. The molecule has 2 rings (SSSR count). The zero-order chi connectivity index (χ0) is 11.7. The van der Waals surface area contributed by atoms with Gasteiger partial charge in [0.15, 0.2) is 0 Å². The van der Waals surface area contributed by atoms with Gasteiger partial charge in [-0.25, -0.2) is 4.98 Å². The summed E-state index contributed by atoms with van der Waals surface area (Å²) >= 11 is 11.7. The van der Waals surface area contributed by atoms with Gasteiger partial charge in [-0.1, -0.05) is 23.2 Å². The molecule has 0 aliphatic carbocycles. The highest BCUT2D eigenvalue weighted by Gasteiger charge is 2.18. The van der Waals surface area contributed by atoms with Crippen LogP contribution in [-0.4, -0.2) is 19.9 Å². The average Bonchev–Trinajstić information content (AvgIpc) is 2.58. The summed E-state index contributed by atoms with van der Waals surface area (Å²) in [6.07, 6.45) is 2.16. The molecule has 0 amide bonds. The Labute approximate surface area is 102 Å². The number of halogens is 2. The topological polar surface area (TPSA) is 50.9 Å². The van der Waals surface area contributed by atoms with Gasteiger partial charge in [-0.05, 0) is 17.7 Å². The summed E-state index contributed by atoms with van der Waals surface area (Å²) in [7, 11) is 1.72. The highest BCUT2D eigenvalue weighted by molar-refractivity contribution is 6.31. The molecule has 0 aliphatic rings. The Morgan fingerprint density at radius 2 is 2.19 bits per heavy atom. The van der Waals surface area contributed by atoms with Gasteiger partial charge in [-0.2, -0.15) is 5.10 Å². The van der Waals surface area contributed by atoms with E-state index in [-0.39, 0.29) is 0 Å². The summed E-state index contributed by atoms with van der Waals surface area (Å²) in [5.74, 6) is 0. The predicted molar refractivity (Wildman–Crippen MR) is 61.5 cm³/mol. The van der Waals surface area contributed by atoms with Gasteiger partial charge in [0.1, 0.15) is 11.3 Å². The van der Waals surface area contributed by atoms with Gasteiger partial charge < -0.3 is 5.11 Å². The molecule has 0 saturated carbocycles. The second kappa shape index (κ2) is 4.41. The number of nitrogens with zero attached hydrogens (tertiary/aromatic N) is 3. The van der Waals surface area contributed by atoms with E-state index >= 15 is 0 Å². The maximum absolute atomic E-state index is 10.1. The predicted octanol–water partition coefficient (Wildman–Crippen LogP) is 2.20. The van der Waals surface area contributed by atoms with Crippen LogP contribution < -0.4 is 0 Å². The van der Waals surface area contributed by atoms with Crippen molar-refractivity contribution in [3.63, 3.8) is 0 Å². The van der Waals surface area contributed by atoms with Crippen LogP contribution in [0.1, 0.15) is 17.4 Å². The molecule has 1 atom stereocenters. The number of aliphatic hydroxyl groups is 1. The number of aryl methyl sites for hydroxylation is 1. The Bertz CT molecular complexity index is 493. The fourth-order valence-electron chi connectivity index (χ4n) is 1.47. The Morgan fingerprint density at radius 3 is 2.75 bits per heavy atom. The van der Waals surface area contributed by atoms with E-state index in [2.05, 4.69) is 10.1 Å². The number of rotatable bonds is 2. The Balaban J connectivity index is 2.43. The first-order chi connectivity index (χ1) is 7.59. The lowest BCUT2D eigenvalue weighted by Crippen LogP contribution is -2.07. The van der Waals surface area contributed by atoms with Crippen LogP contribution in [0.4, 0.5) is 0 Å². The zero-order valence-electron chi connectivity index (χ0n) is 8.43. The van der Waals surface area contributed by atoms with Crippen LogP contribution >= 0.6 is 23.2 Å². The Hall–Kier alpha value is -1.10. The minimum Gasteiger partial charge on any atom is -0.382 e. The van der Waals surface area contributed by atoms with E-state index < -0.39 is 6.10 Å². The smallest absolute Gasteiger partial charge is 0.129 e. The minimum absolute atomic E-state index is 0.329. The molecule has 6 heteroatoms.